The van der Waals surface area contributed by atoms with Gasteiger partial charge in [0.15, 0.2) is 0 Å². The molecule has 0 aliphatic carbocycles. The average Bonchev–Trinajstić information content (AvgIpc) is 2.85. The zero-order valence-corrected chi connectivity index (χ0v) is 11.5. The molecule has 1 unspecified atom stereocenters. The standard InChI is InChI=1S/C14H17FN4O/c1-3-19(12-6-4-5-11(15)7-12)14(20)13(16)10-8-17-18(2)9-10/h4-9,13H,3,16H2,1-2H3. The van der Waals surface area contributed by atoms with E-state index in [-0.39, 0.29) is 11.7 Å². The molecule has 1 aromatic heterocycles. The van der Waals surface area contributed by atoms with E-state index in [1.165, 1.54) is 17.0 Å². The molecule has 0 saturated heterocycles. The fourth-order valence-corrected chi connectivity index (χ4v) is 2.02. The number of benzene rings is 1. The Hall–Kier alpha value is -2.21. The van der Waals surface area contributed by atoms with Crippen LogP contribution in [-0.4, -0.2) is 22.2 Å². The molecule has 1 heterocycles. The van der Waals surface area contributed by atoms with Gasteiger partial charge in [0.2, 0.25) is 5.91 Å². The van der Waals surface area contributed by atoms with E-state index in [0.29, 0.717) is 17.8 Å². The number of hydrogen-bond acceptors (Lipinski definition) is 3. The Labute approximate surface area is 116 Å². The molecule has 2 rings (SSSR count). The van der Waals surface area contributed by atoms with Crippen molar-refractivity contribution in [3.63, 3.8) is 0 Å². The number of anilines is 1. The number of aryl methyl sites for hydroxylation is 1. The molecule has 106 valence electrons. The predicted octanol–water partition coefficient (Wildman–Crippen LogP) is 1.61. The van der Waals surface area contributed by atoms with Gasteiger partial charge in [0.05, 0.1) is 6.20 Å². The predicted molar refractivity (Wildman–Crippen MR) is 74.6 cm³/mol. The lowest BCUT2D eigenvalue weighted by molar-refractivity contribution is -0.119. The highest BCUT2D eigenvalue weighted by Crippen LogP contribution is 2.20. The molecular formula is C14H17FN4O. The van der Waals surface area contributed by atoms with Crippen molar-refractivity contribution in [2.24, 2.45) is 12.8 Å². The summed E-state index contributed by atoms with van der Waals surface area (Å²) in [4.78, 5) is 13.9. The van der Waals surface area contributed by atoms with E-state index in [1.54, 1.807) is 36.3 Å². The van der Waals surface area contributed by atoms with Crippen LogP contribution in [0.3, 0.4) is 0 Å². The normalized spacial score (nSPS) is 12.2. The smallest absolute Gasteiger partial charge is 0.248 e. The lowest BCUT2D eigenvalue weighted by Gasteiger charge is -2.24. The second kappa shape index (κ2) is 5.83. The van der Waals surface area contributed by atoms with Crippen molar-refractivity contribution in [3.05, 3.63) is 48.0 Å². The molecular weight excluding hydrogens is 259 g/mol. The molecule has 2 aromatic rings. The Bertz CT molecular complexity index is 611. The summed E-state index contributed by atoms with van der Waals surface area (Å²) in [5.41, 5.74) is 7.09. The van der Waals surface area contributed by atoms with Gasteiger partial charge in [0.1, 0.15) is 11.9 Å². The Morgan fingerprint density at radius 2 is 2.30 bits per heavy atom. The number of aromatic nitrogens is 2. The molecule has 2 N–H and O–H groups in total. The number of amides is 1. The third kappa shape index (κ3) is 2.85. The monoisotopic (exact) mass is 276 g/mol. The molecule has 5 nitrogen and oxygen atoms in total. The largest absolute Gasteiger partial charge is 0.316 e. The number of halogens is 1. The van der Waals surface area contributed by atoms with Gasteiger partial charge in [-0.15, -0.1) is 0 Å². The van der Waals surface area contributed by atoms with E-state index >= 15 is 0 Å². The van der Waals surface area contributed by atoms with Gasteiger partial charge in [0.25, 0.3) is 0 Å². The summed E-state index contributed by atoms with van der Waals surface area (Å²) in [6, 6.07) is 5.09. The van der Waals surface area contributed by atoms with Crippen LogP contribution in [0.2, 0.25) is 0 Å². The minimum atomic E-state index is -0.813. The first kappa shape index (κ1) is 14.2. The van der Waals surface area contributed by atoms with Gasteiger partial charge in [-0.25, -0.2) is 4.39 Å². The summed E-state index contributed by atoms with van der Waals surface area (Å²) >= 11 is 0. The zero-order valence-electron chi connectivity index (χ0n) is 11.5. The third-order valence-electron chi connectivity index (χ3n) is 3.05. The molecule has 1 amide bonds. The van der Waals surface area contributed by atoms with E-state index < -0.39 is 6.04 Å². The molecule has 0 aliphatic heterocycles. The van der Waals surface area contributed by atoms with Gasteiger partial charge in [-0.3, -0.25) is 9.48 Å². The van der Waals surface area contributed by atoms with Crippen LogP contribution in [0.5, 0.6) is 0 Å². The van der Waals surface area contributed by atoms with Gasteiger partial charge in [-0.2, -0.15) is 5.10 Å². The summed E-state index contributed by atoms with van der Waals surface area (Å²) < 4.78 is 14.9. The van der Waals surface area contributed by atoms with Crippen molar-refractivity contribution in [1.29, 1.82) is 0 Å². The zero-order chi connectivity index (χ0) is 14.7. The number of rotatable bonds is 4. The van der Waals surface area contributed by atoms with Crippen molar-refractivity contribution in [3.8, 4) is 0 Å². The van der Waals surface area contributed by atoms with Gasteiger partial charge in [0, 0.05) is 31.0 Å². The summed E-state index contributed by atoms with van der Waals surface area (Å²) in [6.07, 6.45) is 3.25. The Kier molecular flexibility index (Phi) is 4.14. The highest BCUT2D eigenvalue weighted by molar-refractivity contribution is 5.97. The second-order valence-corrected chi connectivity index (χ2v) is 4.49. The highest BCUT2D eigenvalue weighted by Gasteiger charge is 2.23. The quantitative estimate of drug-likeness (QED) is 0.922. The lowest BCUT2D eigenvalue weighted by Crippen LogP contribution is -2.38. The molecule has 1 aromatic carbocycles. The molecule has 0 fully saturated rings. The van der Waals surface area contributed by atoms with Crippen LogP contribution < -0.4 is 10.6 Å². The van der Waals surface area contributed by atoms with Crippen LogP contribution in [0.4, 0.5) is 10.1 Å². The van der Waals surface area contributed by atoms with Crippen molar-refractivity contribution >= 4 is 11.6 Å². The third-order valence-corrected chi connectivity index (χ3v) is 3.05. The van der Waals surface area contributed by atoms with Crippen molar-refractivity contribution < 1.29 is 9.18 Å². The maximum atomic E-state index is 13.3. The first-order valence-electron chi connectivity index (χ1n) is 6.34. The SMILES string of the molecule is CCN(C(=O)C(N)c1cnn(C)c1)c1cccc(F)c1. The number of hydrogen-bond donors (Lipinski definition) is 1. The van der Waals surface area contributed by atoms with Crippen LogP contribution >= 0.6 is 0 Å². The summed E-state index contributed by atoms with van der Waals surface area (Å²) in [5.74, 6) is -0.671. The van der Waals surface area contributed by atoms with Crippen molar-refractivity contribution in [1.82, 2.24) is 9.78 Å². The molecule has 0 saturated carbocycles. The van der Waals surface area contributed by atoms with E-state index in [0.717, 1.165) is 0 Å². The topological polar surface area (TPSA) is 64.2 Å². The Morgan fingerprint density at radius 3 is 2.85 bits per heavy atom. The molecule has 20 heavy (non-hydrogen) atoms. The summed E-state index contributed by atoms with van der Waals surface area (Å²) in [7, 11) is 1.75. The van der Waals surface area contributed by atoms with E-state index in [4.69, 9.17) is 5.73 Å². The summed E-state index contributed by atoms with van der Waals surface area (Å²) in [5, 5.41) is 4.00. The molecule has 0 spiro atoms. The van der Waals surface area contributed by atoms with Gasteiger partial charge < -0.3 is 10.6 Å². The number of likely N-dealkylation sites (N-methyl/N-ethyl adjacent to an activating group) is 1. The Morgan fingerprint density at radius 1 is 1.55 bits per heavy atom. The maximum Gasteiger partial charge on any atom is 0.248 e. The van der Waals surface area contributed by atoms with E-state index in [2.05, 4.69) is 5.10 Å². The minimum Gasteiger partial charge on any atom is -0.316 e. The van der Waals surface area contributed by atoms with E-state index in [9.17, 15) is 9.18 Å². The Balaban J connectivity index is 2.25. The molecule has 1 atom stereocenters. The molecule has 0 radical (unpaired) electrons. The number of nitrogens with two attached hydrogens (primary N) is 1. The second-order valence-electron chi connectivity index (χ2n) is 4.49. The molecule has 0 bridgehead atoms. The van der Waals surface area contributed by atoms with Crippen LogP contribution in [0.25, 0.3) is 0 Å². The fourth-order valence-electron chi connectivity index (χ4n) is 2.02. The van der Waals surface area contributed by atoms with Crippen molar-refractivity contribution in [2.45, 2.75) is 13.0 Å². The molecule has 0 aliphatic rings. The summed E-state index contributed by atoms with van der Waals surface area (Å²) in [6.45, 7) is 2.23. The first-order valence-corrected chi connectivity index (χ1v) is 6.34. The maximum absolute atomic E-state index is 13.3. The van der Waals surface area contributed by atoms with Crippen molar-refractivity contribution in [2.75, 3.05) is 11.4 Å². The number of nitrogens with zero attached hydrogens (tertiary/aromatic N) is 3. The van der Waals surface area contributed by atoms with Gasteiger partial charge in [-0.1, -0.05) is 6.07 Å². The fraction of sp³-hybridized carbons (Fsp3) is 0.286. The van der Waals surface area contributed by atoms with Crippen LogP contribution in [0, 0.1) is 5.82 Å². The van der Waals surface area contributed by atoms with E-state index in [1.807, 2.05) is 6.92 Å². The first-order chi connectivity index (χ1) is 9.52. The average molecular weight is 276 g/mol. The van der Waals surface area contributed by atoms with Gasteiger partial charge in [-0.05, 0) is 25.1 Å². The van der Waals surface area contributed by atoms with Crippen LogP contribution in [0.1, 0.15) is 18.5 Å². The lowest BCUT2D eigenvalue weighted by atomic mass is 10.1. The molecule has 6 heteroatoms. The highest BCUT2D eigenvalue weighted by atomic mass is 19.1. The number of carbonyl (C=O) groups excluding carboxylic acids is 1. The van der Waals surface area contributed by atoms with Gasteiger partial charge >= 0.3 is 0 Å². The number of carbonyl (C=O) groups is 1. The minimum absolute atomic E-state index is 0.286. The van der Waals surface area contributed by atoms with Crippen LogP contribution in [0.15, 0.2) is 36.7 Å². The van der Waals surface area contributed by atoms with Crippen LogP contribution in [-0.2, 0) is 11.8 Å².